The van der Waals surface area contributed by atoms with Crippen LogP contribution in [0, 0.1) is 0 Å². The maximum Gasteiger partial charge on any atom is 0.180 e. The van der Waals surface area contributed by atoms with Gasteiger partial charge in [0.25, 0.3) is 0 Å². The second kappa shape index (κ2) is 5.45. The number of furan rings is 1. The molecule has 0 aliphatic heterocycles. The third-order valence-electron chi connectivity index (χ3n) is 4.12. The summed E-state index contributed by atoms with van der Waals surface area (Å²) >= 11 is 0. The van der Waals surface area contributed by atoms with E-state index in [2.05, 4.69) is 37.6 Å². The summed E-state index contributed by atoms with van der Waals surface area (Å²) in [6, 6.07) is 16.2. The second-order valence-corrected chi connectivity index (χ2v) is 5.68. The largest absolute Gasteiger partial charge is 0.464 e. The van der Waals surface area contributed by atoms with Crippen LogP contribution in [-0.4, -0.2) is 20.2 Å². The Morgan fingerprint density at radius 2 is 1.84 bits per heavy atom. The van der Waals surface area contributed by atoms with Crippen LogP contribution in [0.25, 0.3) is 33.3 Å². The first kappa shape index (κ1) is 13.7. The minimum atomic E-state index is 0.636. The fraction of sp³-hybridized carbons (Fsp3) is 0. The molecule has 2 aromatic carbocycles. The average Bonchev–Trinajstić information content (AvgIpc) is 3.27. The first-order chi connectivity index (χ1) is 12.4. The Hall–Kier alpha value is -3.67. The predicted octanol–water partition coefficient (Wildman–Crippen LogP) is 4.51. The Kier molecular flexibility index (Phi) is 3.00. The Morgan fingerprint density at radius 1 is 0.960 bits per heavy atom. The minimum Gasteiger partial charge on any atom is -0.464 e. The van der Waals surface area contributed by atoms with Crippen molar-refractivity contribution in [3.63, 3.8) is 0 Å². The van der Waals surface area contributed by atoms with Crippen molar-refractivity contribution in [1.29, 1.82) is 0 Å². The lowest BCUT2D eigenvalue weighted by atomic mass is 10.0. The van der Waals surface area contributed by atoms with E-state index >= 15 is 0 Å². The average molecular weight is 327 g/mol. The topological polar surface area (TPSA) is 79.6 Å². The number of rotatable bonds is 3. The molecule has 0 atom stereocenters. The third kappa shape index (κ3) is 2.31. The maximum atomic E-state index is 5.75. The van der Waals surface area contributed by atoms with Gasteiger partial charge in [-0.25, -0.2) is 9.97 Å². The fourth-order valence-electron chi connectivity index (χ4n) is 2.93. The Labute approximate surface area is 142 Å². The SMILES string of the molecule is c1ccc(-c2coc3cc(Nc4n[nH]c5nccnc45)ccc23)cc1. The highest BCUT2D eigenvalue weighted by Gasteiger charge is 2.11. The number of nitrogens with zero attached hydrogens (tertiary/aromatic N) is 3. The molecule has 0 aliphatic rings. The zero-order valence-corrected chi connectivity index (χ0v) is 13.1. The first-order valence-electron chi connectivity index (χ1n) is 7.87. The van der Waals surface area contributed by atoms with Crippen LogP contribution in [0.15, 0.2) is 71.6 Å². The molecule has 0 saturated carbocycles. The summed E-state index contributed by atoms with van der Waals surface area (Å²) in [5.74, 6) is 0.636. The van der Waals surface area contributed by atoms with E-state index < -0.39 is 0 Å². The number of hydrogen-bond acceptors (Lipinski definition) is 5. The molecule has 3 aromatic heterocycles. The zero-order chi connectivity index (χ0) is 16.6. The van der Waals surface area contributed by atoms with Gasteiger partial charge in [-0.05, 0) is 17.7 Å². The van der Waals surface area contributed by atoms with Crippen LogP contribution < -0.4 is 5.32 Å². The van der Waals surface area contributed by atoms with Crippen molar-refractivity contribution >= 4 is 33.6 Å². The third-order valence-corrected chi connectivity index (χ3v) is 4.12. The molecule has 5 aromatic rings. The van der Waals surface area contributed by atoms with Crippen molar-refractivity contribution in [2.75, 3.05) is 5.32 Å². The van der Waals surface area contributed by atoms with Gasteiger partial charge in [0.15, 0.2) is 17.0 Å². The number of H-pyrrole nitrogens is 1. The molecule has 3 heterocycles. The summed E-state index contributed by atoms with van der Waals surface area (Å²) in [4.78, 5) is 8.49. The van der Waals surface area contributed by atoms with Crippen LogP contribution in [0.5, 0.6) is 0 Å². The first-order valence-corrected chi connectivity index (χ1v) is 7.87. The summed E-state index contributed by atoms with van der Waals surface area (Å²) in [6.45, 7) is 0. The summed E-state index contributed by atoms with van der Waals surface area (Å²) in [7, 11) is 0. The molecule has 0 unspecified atom stereocenters. The number of anilines is 2. The molecule has 0 radical (unpaired) electrons. The number of hydrogen-bond donors (Lipinski definition) is 2. The smallest absolute Gasteiger partial charge is 0.180 e. The number of aromatic amines is 1. The van der Waals surface area contributed by atoms with Gasteiger partial charge >= 0.3 is 0 Å². The van der Waals surface area contributed by atoms with Crippen LogP contribution in [-0.2, 0) is 0 Å². The van der Waals surface area contributed by atoms with Gasteiger partial charge in [0.05, 0.1) is 6.26 Å². The monoisotopic (exact) mass is 327 g/mol. The molecule has 0 fully saturated rings. The molecule has 0 spiro atoms. The lowest BCUT2D eigenvalue weighted by Gasteiger charge is -2.03. The van der Waals surface area contributed by atoms with Crippen molar-refractivity contribution in [3.8, 4) is 11.1 Å². The predicted molar refractivity (Wildman–Crippen MR) is 96.6 cm³/mol. The van der Waals surface area contributed by atoms with Gasteiger partial charge in [0, 0.05) is 35.1 Å². The minimum absolute atomic E-state index is 0.636. The fourth-order valence-corrected chi connectivity index (χ4v) is 2.93. The van der Waals surface area contributed by atoms with E-state index in [0.29, 0.717) is 17.0 Å². The molecule has 0 bridgehead atoms. The zero-order valence-electron chi connectivity index (χ0n) is 13.1. The molecule has 25 heavy (non-hydrogen) atoms. The normalized spacial score (nSPS) is 11.2. The van der Waals surface area contributed by atoms with Crippen LogP contribution in [0.2, 0.25) is 0 Å². The molecule has 6 heteroatoms. The van der Waals surface area contributed by atoms with E-state index in [4.69, 9.17) is 4.42 Å². The highest BCUT2D eigenvalue weighted by molar-refractivity contribution is 5.96. The van der Waals surface area contributed by atoms with Gasteiger partial charge in [-0.2, -0.15) is 5.10 Å². The molecule has 0 aliphatic carbocycles. The van der Waals surface area contributed by atoms with Crippen LogP contribution in [0.3, 0.4) is 0 Å². The van der Waals surface area contributed by atoms with Gasteiger partial charge in [0.2, 0.25) is 0 Å². The van der Waals surface area contributed by atoms with E-state index in [9.17, 15) is 0 Å². The highest BCUT2D eigenvalue weighted by atomic mass is 16.3. The van der Waals surface area contributed by atoms with E-state index in [0.717, 1.165) is 27.8 Å². The molecule has 2 N–H and O–H groups in total. The van der Waals surface area contributed by atoms with Gasteiger partial charge < -0.3 is 9.73 Å². The Balaban J connectivity index is 1.53. The quantitative estimate of drug-likeness (QED) is 0.509. The standard InChI is InChI=1S/C19H13N5O/c1-2-4-12(5-3-1)15-11-25-16-10-13(6-7-14(15)16)22-19-17-18(23-24-19)21-9-8-20-17/h1-11H,(H2,21,22,23,24). The van der Waals surface area contributed by atoms with Crippen molar-refractivity contribution in [2.45, 2.75) is 0 Å². The van der Waals surface area contributed by atoms with Gasteiger partial charge in [-0.3, -0.25) is 5.10 Å². The Bertz CT molecular complexity index is 1180. The van der Waals surface area contributed by atoms with E-state index in [-0.39, 0.29) is 0 Å². The number of fused-ring (bicyclic) bond motifs is 2. The summed E-state index contributed by atoms with van der Waals surface area (Å²) < 4.78 is 5.75. The molecule has 5 rings (SSSR count). The van der Waals surface area contributed by atoms with Crippen LogP contribution in [0.1, 0.15) is 0 Å². The van der Waals surface area contributed by atoms with Gasteiger partial charge in [-0.15, -0.1) is 0 Å². The molecule has 120 valence electrons. The van der Waals surface area contributed by atoms with Crippen molar-refractivity contribution in [3.05, 3.63) is 67.2 Å². The molecule has 0 amide bonds. The Morgan fingerprint density at radius 3 is 2.76 bits per heavy atom. The maximum absolute atomic E-state index is 5.75. The van der Waals surface area contributed by atoms with Crippen molar-refractivity contribution in [1.82, 2.24) is 20.2 Å². The van der Waals surface area contributed by atoms with Gasteiger partial charge in [0.1, 0.15) is 5.58 Å². The number of aromatic nitrogens is 4. The number of nitrogens with one attached hydrogen (secondary N) is 2. The lowest BCUT2D eigenvalue weighted by Crippen LogP contribution is -1.91. The van der Waals surface area contributed by atoms with E-state index in [1.54, 1.807) is 18.7 Å². The molecular weight excluding hydrogens is 314 g/mol. The molecular formula is C19H13N5O. The second-order valence-electron chi connectivity index (χ2n) is 5.68. The lowest BCUT2D eigenvalue weighted by molar-refractivity contribution is 0.617. The summed E-state index contributed by atoms with van der Waals surface area (Å²) in [5, 5.41) is 11.4. The van der Waals surface area contributed by atoms with E-state index in [1.807, 2.05) is 36.4 Å². The number of benzene rings is 2. The van der Waals surface area contributed by atoms with Crippen LogP contribution >= 0.6 is 0 Å². The van der Waals surface area contributed by atoms with Gasteiger partial charge in [-0.1, -0.05) is 30.3 Å². The summed E-state index contributed by atoms with van der Waals surface area (Å²) in [5.41, 5.74) is 5.26. The van der Waals surface area contributed by atoms with Crippen molar-refractivity contribution < 1.29 is 4.42 Å². The summed E-state index contributed by atoms with van der Waals surface area (Å²) in [6.07, 6.45) is 5.06. The molecule has 0 saturated heterocycles. The van der Waals surface area contributed by atoms with E-state index in [1.165, 1.54) is 0 Å². The highest BCUT2D eigenvalue weighted by Crippen LogP contribution is 2.33. The van der Waals surface area contributed by atoms with Crippen LogP contribution in [0.4, 0.5) is 11.5 Å². The molecule has 6 nitrogen and oxygen atoms in total. The van der Waals surface area contributed by atoms with Crippen molar-refractivity contribution in [2.24, 2.45) is 0 Å².